The van der Waals surface area contributed by atoms with Gasteiger partial charge in [-0.15, -0.1) is 0 Å². The summed E-state index contributed by atoms with van der Waals surface area (Å²) in [6.07, 6.45) is 1.90. The van der Waals surface area contributed by atoms with Crippen molar-refractivity contribution in [2.75, 3.05) is 0 Å². The van der Waals surface area contributed by atoms with Gasteiger partial charge < -0.3 is 0 Å². The van der Waals surface area contributed by atoms with Gasteiger partial charge in [-0.3, -0.25) is 4.98 Å². The fourth-order valence-corrected chi connectivity index (χ4v) is 2.39. The molecule has 18 heavy (non-hydrogen) atoms. The molecular formula is C17H15N. The van der Waals surface area contributed by atoms with E-state index in [0.29, 0.717) is 5.92 Å². The van der Waals surface area contributed by atoms with Gasteiger partial charge in [0.1, 0.15) is 0 Å². The van der Waals surface area contributed by atoms with Gasteiger partial charge >= 0.3 is 0 Å². The molecule has 1 aromatic heterocycles. The topological polar surface area (TPSA) is 12.9 Å². The second kappa shape index (κ2) is 4.61. The largest absolute Gasteiger partial charge is 0.260 e. The summed E-state index contributed by atoms with van der Waals surface area (Å²) < 4.78 is 0. The highest BCUT2D eigenvalue weighted by atomic mass is 14.7. The van der Waals surface area contributed by atoms with Crippen LogP contribution in [-0.4, -0.2) is 4.98 Å². The lowest BCUT2D eigenvalue weighted by atomic mass is 9.94. The fourth-order valence-electron chi connectivity index (χ4n) is 2.39. The van der Waals surface area contributed by atoms with Crippen molar-refractivity contribution < 1.29 is 0 Å². The van der Waals surface area contributed by atoms with Crippen LogP contribution >= 0.6 is 0 Å². The van der Waals surface area contributed by atoms with E-state index in [1.165, 1.54) is 16.3 Å². The molecule has 1 heterocycles. The van der Waals surface area contributed by atoms with Gasteiger partial charge in [0.25, 0.3) is 0 Å². The molecule has 0 aliphatic rings. The molecule has 0 saturated carbocycles. The molecule has 0 bridgehead atoms. The van der Waals surface area contributed by atoms with E-state index < -0.39 is 0 Å². The number of rotatable bonds is 2. The molecule has 0 radical (unpaired) electrons. The number of hydrogen-bond donors (Lipinski definition) is 0. The van der Waals surface area contributed by atoms with Crippen LogP contribution in [0.25, 0.3) is 10.8 Å². The van der Waals surface area contributed by atoms with Gasteiger partial charge in [0.05, 0.1) is 5.69 Å². The van der Waals surface area contributed by atoms with Crippen LogP contribution in [0.2, 0.25) is 0 Å². The van der Waals surface area contributed by atoms with E-state index in [1.807, 2.05) is 12.3 Å². The molecule has 3 rings (SSSR count). The predicted octanol–water partition coefficient (Wildman–Crippen LogP) is 4.39. The highest BCUT2D eigenvalue weighted by Crippen LogP contribution is 2.28. The van der Waals surface area contributed by atoms with E-state index in [2.05, 4.69) is 66.5 Å². The van der Waals surface area contributed by atoms with E-state index in [0.717, 1.165) is 5.69 Å². The number of nitrogens with zero attached hydrogens (tertiary/aromatic N) is 1. The van der Waals surface area contributed by atoms with Crippen LogP contribution in [0.4, 0.5) is 0 Å². The minimum Gasteiger partial charge on any atom is -0.260 e. The smallest absolute Gasteiger partial charge is 0.0553 e. The predicted molar refractivity (Wildman–Crippen MR) is 75.7 cm³/mol. The van der Waals surface area contributed by atoms with E-state index in [9.17, 15) is 0 Å². The lowest BCUT2D eigenvalue weighted by Gasteiger charge is -2.13. The van der Waals surface area contributed by atoms with Crippen molar-refractivity contribution >= 4 is 10.8 Å². The summed E-state index contributed by atoms with van der Waals surface area (Å²) in [7, 11) is 0. The van der Waals surface area contributed by atoms with E-state index in [1.54, 1.807) is 0 Å². The molecule has 1 nitrogen and oxygen atoms in total. The molecule has 1 unspecified atom stereocenters. The van der Waals surface area contributed by atoms with Crippen molar-refractivity contribution in [2.24, 2.45) is 0 Å². The average molecular weight is 233 g/mol. The van der Waals surface area contributed by atoms with E-state index >= 15 is 0 Å². The standard InChI is InChI=1S/C17H15N/c1-13(14-7-3-2-4-8-14)17-16-10-6-5-9-15(16)11-12-18-17/h2-13H,1H3. The number of aromatic nitrogens is 1. The molecule has 0 spiro atoms. The zero-order valence-electron chi connectivity index (χ0n) is 10.4. The van der Waals surface area contributed by atoms with Gasteiger partial charge in [-0.05, 0) is 17.0 Å². The van der Waals surface area contributed by atoms with Crippen LogP contribution in [-0.2, 0) is 0 Å². The third-order valence-corrected chi connectivity index (χ3v) is 3.41. The SMILES string of the molecule is CC(c1ccccc1)c1nccc2ccccc12. The number of benzene rings is 2. The summed E-state index contributed by atoms with van der Waals surface area (Å²) in [5.74, 6) is 0.317. The summed E-state index contributed by atoms with van der Waals surface area (Å²) in [5, 5.41) is 2.50. The fraction of sp³-hybridized carbons (Fsp3) is 0.118. The molecule has 1 atom stereocenters. The van der Waals surface area contributed by atoms with Crippen LogP contribution in [0.5, 0.6) is 0 Å². The van der Waals surface area contributed by atoms with Crippen molar-refractivity contribution in [1.29, 1.82) is 0 Å². The van der Waals surface area contributed by atoms with E-state index in [-0.39, 0.29) is 0 Å². The maximum atomic E-state index is 4.58. The summed E-state index contributed by atoms with van der Waals surface area (Å²) in [5.41, 5.74) is 2.46. The Bertz CT molecular complexity index is 653. The van der Waals surface area contributed by atoms with Crippen molar-refractivity contribution in [3.8, 4) is 0 Å². The molecule has 0 amide bonds. The molecule has 0 aliphatic carbocycles. The van der Waals surface area contributed by atoms with Gasteiger partial charge in [0.2, 0.25) is 0 Å². The molecular weight excluding hydrogens is 218 g/mol. The summed E-state index contributed by atoms with van der Waals surface area (Å²) in [6, 6.07) is 21.0. The van der Waals surface area contributed by atoms with Crippen molar-refractivity contribution in [2.45, 2.75) is 12.8 Å². The Kier molecular flexibility index (Phi) is 2.81. The van der Waals surface area contributed by atoms with Gasteiger partial charge in [0.15, 0.2) is 0 Å². The number of hydrogen-bond acceptors (Lipinski definition) is 1. The zero-order chi connectivity index (χ0) is 12.4. The third kappa shape index (κ3) is 1.88. The number of pyridine rings is 1. The normalized spacial score (nSPS) is 12.5. The van der Waals surface area contributed by atoms with Crippen LogP contribution < -0.4 is 0 Å². The van der Waals surface area contributed by atoms with Gasteiger partial charge in [-0.25, -0.2) is 0 Å². The molecule has 88 valence electrons. The lowest BCUT2D eigenvalue weighted by molar-refractivity contribution is 0.885. The average Bonchev–Trinajstić information content (AvgIpc) is 2.47. The van der Waals surface area contributed by atoms with Gasteiger partial charge in [-0.2, -0.15) is 0 Å². The minimum atomic E-state index is 0.317. The molecule has 0 aliphatic heterocycles. The Labute approximate surface area is 107 Å². The lowest BCUT2D eigenvalue weighted by Crippen LogP contribution is -1.99. The zero-order valence-corrected chi connectivity index (χ0v) is 10.4. The Morgan fingerprint density at radius 3 is 2.39 bits per heavy atom. The van der Waals surface area contributed by atoms with E-state index in [4.69, 9.17) is 0 Å². The summed E-state index contributed by atoms with van der Waals surface area (Å²) >= 11 is 0. The molecule has 1 heteroatoms. The maximum Gasteiger partial charge on any atom is 0.0553 e. The van der Waals surface area contributed by atoms with Crippen LogP contribution in [0.3, 0.4) is 0 Å². The highest BCUT2D eigenvalue weighted by molar-refractivity contribution is 5.85. The van der Waals surface area contributed by atoms with Crippen LogP contribution in [0.1, 0.15) is 24.1 Å². The Morgan fingerprint density at radius 2 is 1.56 bits per heavy atom. The molecule has 0 N–H and O–H groups in total. The number of fused-ring (bicyclic) bond motifs is 1. The van der Waals surface area contributed by atoms with Gasteiger partial charge in [-0.1, -0.05) is 61.5 Å². The molecule has 3 aromatic rings. The Hall–Kier alpha value is -2.15. The first-order valence-corrected chi connectivity index (χ1v) is 6.25. The highest BCUT2D eigenvalue weighted by Gasteiger charge is 2.12. The maximum absolute atomic E-state index is 4.58. The molecule has 2 aromatic carbocycles. The second-order valence-electron chi connectivity index (χ2n) is 4.55. The van der Waals surface area contributed by atoms with Gasteiger partial charge in [0, 0.05) is 17.5 Å². The minimum absolute atomic E-state index is 0.317. The van der Waals surface area contributed by atoms with Crippen molar-refractivity contribution in [3.63, 3.8) is 0 Å². The second-order valence-corrected chi connectivity index (χ2v) is 4.55. The molecule has 0 fully saturated rings. The monoisotopic (exact) mass is 233 g/mol. The Morgan fingerprint density at radius 1 is 0.833 bits per heavy atom. The first kappa shape index (κ1) is 11.0. The third-order valence-electron chi connectivity index (χ3n) is 3.41. The quantitative estimate of drug-likeness (QED) is 0.639. The van der Waals surface area contributed by atoms with Crippen molar-refractivity contribution in [3.05, 3.63) is 78.1 Å². The summed E-state index contributed by atoms with van der Waals surface area (Å²) in [4.78, 5) is 4.58. The Balaban J connectivity index is 2.15. The summed E-state index contributed by atoms with van der Waals surface area (Å²) in [6.45, 7) is 2.21. The molecule has 0 saturated heterocycles. The van der Waals surface area contributed by atoms with Crippen LogP contribution in [0, 0.1) is 0 Å². The first-order valence-electron chi connectivity index (χ1n) is 6.25. The van der Waals surface area contributed by atoms with Crippen molar-refractivity contribution in [1.82, 2.24) is 4.98 Å². The first-order chi connectivity index (χ1) is 8.86. The van der Waals surface area contributed by atoms with Crippen LogP contribution in [0.15, 0.2) is 66.9 Å².